The number of ether oxygens (including phenoxy) is 1. The third kappa shape index (κ3) is 12.1. The maximum absolute atomic E-state index is 11.3. The highest BCUT2D eigenvalue weighted by Gasteiger charge is 2.19. The van der Waals surface area contributed by atoms with Crippen molar-refractivity contribution in [3.8, 4) is 0 Å². The predicted octanol–water partition coefficient (Wildman–Crippen LogP) is 0.512. The Morgan fingerprint density at radius 3 is 2.29 bits per heavy atom. The van der Waals surface area contributed by atoms with E-state index >= 15 is 0 Å². The maximum atomic E-state index is 11.3. The monoisotopic (exact) mass is 324 g/mol. The van der Waals surface area contributed by atoms with Crippen LogP contribution >= 0.6 is 0 Å². The van der Waals surface area contributed by atoms with Gasteiger partial charge in [0, 0.05) is 6.54 Å². The highest BCUT2D eigenvalue weighted by molar-refractivity contribution is 7.86. The number of alkyl carbamates (subject to hydrolysis) is 1. The smallest absolute Gasteiger partial charge is 0.407 e. The number of rotatable bonds is 7. The molecule has 21 heavy (non-hydrogen) atoms. The van der Waals surface area contributed by atoms with Crippen LogP contribution in [0.1, 0.15) is 40.0 Å². The highest BCUT2D eigenvalue weighted by atomic mass is 32.2. The Morgan fingerprint density at radius 2 is 1.81 bits per heavy atom. The van der Waals surface area contributed by atoms with Crippen LogP contribution in [-0.4, -0.2) is 44.9 Å². The molecule has 0 fully saturated rings. The molecule has 0 aliphatic heterocycles. The Labute approximate surface area is 125 Å². The van der Waals surface area contributed by atoms with E-state index in [2.05, 4.69) is 9.50 Å². The van der Waals surface area contributed by atoms with Crippen LogP contribution in [-0.2, 0) is 23.8 Å². The summed E-state index contributed by atoms with van der Waals surface area (Å²) < 4.78 is 30.7. The lowest BCUT2D eigenvalue weighted by Crippen LogP contribution is -2.34. The van der Waals surface area contributed by atoms with E-state index in [0.29, 0.717) is 19.4 Å². The number of hydrogen-bond donors (Lipinski definition) is 2. The Bertz CT molecular complexity index is 455. The van der Waals surface area contributed by atoms with Crippen LogP contribution in [0.2, 0.25) is 0 Å². The number of carbonyl (C=O) groups excluding carboxylic acids is 2. The minimum Gasteiger partial charge on any atom is -0.444 e. The third-order valence-electron chi connectivity index (χ3n) is 2.15. The second kappa shape index (κ2) is 8.18. The lowest BCUT2D eigenvalue weighted by atomic mass is 10.1. The van der Waals surface area contributed by atoms with Crippen molar-refractivity contribution in [3.05, 3.63) is 0 Å². The van der Waals surface area contributed by atoms with E-state index in [1.54, 1.807) is 20.8 Å². The molecule has 0 radical (unpaired) electrons. The second-order valence-electron chi connectivity index (χ2n) is 5.64. The molecule has 0 aliphatic carbocycles. The van der Waals surface area contributed by atoms with Crippen molar-refractivity contribution in [2.75, 3.05) is 12.8 Å². The molecule has 0 saturated heterocycles. The standard InChI is InChI=1S/C12H24N2O6S/c1-12(2,3)19-11(16)14-8-6-5-7-9(13)10(15)20-21(4,17)18/h9H,5-8,13H2,1-4H3,(H,14,16)/t9-/m0/s1. The summed E-state index contributed by atoms with van der Waals surface area (Å²) in [5.41, 5.74) is 4.94. The Kier molecular flexibility index (Phi) is 7.65. The first-order valence-corrected chi connectivity index (χ1v) is 8.38. The fourth-order valence-corrected chi connectivity index (χ4v) is 1.74. The summed E-state index contributed by atoms with van der Waals surface area (Å²) >= 11 is 0. The van der Waals surface area contributed by atoms with Gasteiger partial charge in [0.2, 0.25) is 0 Å². The van der Waals surface area contributed by atoms with E-state index in [9.17, 15) is 18.0 Å². The zero-order chi connectivity index (χ0) is 16.7. The Hall–Kier alpha value is -1.35. The minimum absolute atomic E-state index is 0.268. The molecule has 0 saturated carbocycles. The third-order valence-corrected chi connectivity index (χ3v) is 2.61. The molecule has 0 aliphatic rings. The van der Waals surface area contributed by atoms with Gasteiger partial charge in [-0.15, -0.1) is 0 Å². The zero-order valence-corrected chi connectivity index (χ0v) is 13.7. The fourth-order valence-electron chi connectivity index (χ4n) is 1.32. The average molecular weight is 324 g/mol. The molecule has 0 aromatic carbocycles. The molecular weight excluding hydrogens is 300 g/mol. The van der Waals surface area contributed by atoms with Crippen molar-refractivity contribution < 1.29 is 26.9 Å². The van der Waals surface area contributed by atoms with Crippen LogP contribution in [0.3, 0.4) is 0 Å². The summed E-state index contributed by atoms with van der Waals surface area (Å²) in [6.45, 7) is 5.67. The molecule has 0 heterocycles. The van der Waals surface area contributed by atoms with E-state index in [0.717, 1.165) is 6.26 Å². The molecule has 0 spiro atoms. The zero-order valence-electron chi connectivity index (χ0n) is 12.8. The number of unbranched alkanes of at least 4 members (excludes halogenated alkanes) is 1. The van der Waals surface area contributed by atoms with E-state index in [1.807, 2.05) is 0 Å². The minimum atomic E-state index is -3.84. The fraction of sp³-hybridized carbons (Fsp3) is 0.833. The van der Waals surface area contributed by atoms with Gasteiger partial charge in [-0.3, -0.25) is 0 Å². The molecule has 8 nitrogen and oxygen atoms in total. The molecule has 9 heteroatoms. The van der Waals surface area contributed by atoms with Gasteiger partial charge in [0.25, 0.3) is 0 Å². The van der Waals surface area contributed by atoms with Crippen molar-refractivity contribution in [1.29, 1.82) is 0 Å². The summed E-state index contributed by atoms with van der Waals surface area (Å²) in [7, 11) is -3.84. The lowest BCUT2D eigenvalue weighted by molar-refractivity contribution is -0.135. The van der Waals surface area contributed by atoms with Crippen LogP contribution < -0.4 is 11.1 Å². The van der Waals surface area contributed by atoms with Gasteiger partial charge < -0.3 is 20.0 Å². The first-order chi connectivity index (χ1) is 9.41. The number of nitrogens with two attached hydrogens (primary N) is 1. The summed E-state index contributed by atoms with van der Waals surface area (Å²) in [5.74, 6) is -0.974. The molecule has 0 unspecified atom stereocenters. The van der Waals surface area contributed by atoms with Crippen LogP contribution in [0.5, 0.6) is 0 Å². The summed E-state index contributed by atoms with van der Waals surface area (Å²) in [6, 6.07) is -0.999. The van der Waals surface area contributed by atoms with Gasteiger partial charge in [0.05, 0.1) is 6.26 Å². The van der Waals surface area contributed by atoms with E-state index in [-0.39, 0.29) is 6.42 Å². The largest absolute Gasteiger partial charge is 0.444 e. The molecule has 0 aromatic heterocycles. The molecule has 1 amide bonds. The SMILES string of the molecule is CC(C)(C)OC(=O)NCCCC[C@H](N)C(=O)OS(C)(=O)=O. The average Bonchev–Trinajstić information content (AvgIpc) is 2.23. The highest BCUT2D eigenvalue weighted by Crippen LogP contribution is 2.06. The van der Waals surface area contributed by atoms with Gasteiger partial charge in [-0.1, -0.05) is 0 Å². The van der Waals surface area contributed by atoms with Crippen molar-refractivity contribution in [3.63, 3.8) is 0 Å². The van der Waals surface area contributed by atoms with Gasteiger partial charge in [0.15, 0.2) is 0 Å². The number of carbonyl (C=O) groups is 2. The summed E-state index contributed by atoms with van der Waals surface area (Å²) in [6.07, 6.45) is 1.66. The van der Waals surface area contributed by atoms with Crippen LogP contribution in [0, 0.1) is 0 Å². The van der Waals surface area contributed by atoms with Gasteiger partial charge in [-0.2, -0.15) is 8.42 Å². The molecule has 1 atom stereocenters. The summed E-state index contributed by atoms with van der Waals surface area (Å²) in [5, 5.41) is 2.57. The normalized spacial score (nSPS) is 13.4. The number of amides is 1. The molecule has 0 bridgehead atoms. The van der Waals surface area contributed by atoms with Crippen molar-refractivity contribution in [2.24, 2.45) is 5.73 Å². The Morgan fingerprint density at radius 1 is 1.24 bits per heavy atom. The van der Waals surface area contributed by atoms with E-state index < -0.39 is 33.8 Å². The first-order valence-electron chi connectivity index (χ1n) is 6.56. The number of hydrogen-bond acceptors (Lipinski definition) is 7. The van der Waals surface area contributed by atoms with Gasteiger partial charge in [-0.05, 0) is 40.0 Å². The maximum Gasteiger partial charge on any atom is 0.407 e. The predicted molar refractivity (Wildman–Crippen MR) is 77.0 cm³/mol. The lowest BCUT2D eigenvalue weighted by Gasteiger charge is -2.19. The topological polar surface area (TPSA) is 125 Å². The van der Waals surface area contributed by atoms with Crippen LogP contribution in [0.15, 0.2) is 0 Å². The summed E-state index contributed by atoms with van der Waals surface area (Å²) in [4.78, 5) is 22.6. The Balaban J connectivity index is 3.81. The van der Waals surface area contributed by atoms with Crippen molar-refractivity contribution >= 4 is 22.2 Å². The van der Waals surface area contributed by atoms with E-state index in [4.69, 9.17) is 10.5 Å². The molecule has 0 rings (SSSR count). The van der Waals surface area contributed by atoms with Gasteiger partial charge in [-0.25, -0.2) is 9.59 Å². The second-order valence-corrected chi connectivity index (χ2v) is 7.21. The van der Waals surface area contributed by atoms with Crippen LogP contribution in [0.25, 0.3) is 0 Å². The molecule has 0 aromatic rings. The first kappa shape index (κ1) is 19.7. The van der Waals surface area contributed by atoms with Crippen LogP contribution in [0.4, 0.5) is 4.79 Å². The van der Waals surface area contributed by atoms with Gasteiger partial charge in [0.1, 0.15) is 11.6 Å². The quantitative estimate of drug-likeness (QED) is 0.516. The van der Waals surface area contributed by atoms with Crippen molar-refractivity contribution in [1.82, 2.24) is 5.32 Å². The van der Waals surface area contributed by atoms with Crippen molar-refractivity contribution in [2.45, 2.75) is 51.7 Å². The van der Waals surface area contributed by atoms with Gasteiger partial charge >= 0.3 is 22.2 Å². The van der Waals surface area contributed by atoms with E-state index in [1.165, 1.54) is 0 Å². The molecule has 124 valence electrons. The molecule has 3 N–H and O–H groups in total. The molecular formula is C12H24N2O6S. The number of nitrogens with one attached hydrogen (secondary N) is 1.